The monoisotopic (exact) mass is 244 g/mol. The fourth-order valence-corrected chi connectivity index (χ4v) is 2.17. The summed E-state index contributed by atoms with van der Waals surface area (Å²) in [5, 5.41) is 1.04. The molecule has 4 heteroatoms. The second-order valence-electron chi connectivity index (χ2n) is 4.61. The molecule has 0 spiro atoms. The predicted octanol–water partition coefficient (Wildman–Crippen LogP) is 2.44. The Morgan fingerprint density at radius 1 is 1.28 bits per heavy atom. The first kappa shape index (κ1) is 11.4. The minimum absolute atomic E-state index is 0.611. The summed E-state index contributed by atoms with van der Waals surface area (Å²) in [6.07, 6.45) is 5.56. The first-order chi connectivity index (χ1) is 8.92. The van der Waals surface area contributed by atoms with Crippen molar-refractivity contribution in [1.82, 2.24) is 9.97 Å². The fourth-order valence-electron chi connectivity index (χ4n) is 2.17. The van der Waals surface area contributed by atoms with E-state index in [0.29, 0.717) is 5.92 Å². The zero-order valence-electron chi connectivity index (χ0n) is 10.2. The summed E-state index contributed by atoms with van der Waals surface area (Å²) in [5.41, 5.74) is 0.925. The molecule has 1 saturated heterocycles. The molecule has 0 aliphatic carbocycles. The first-order valence-corrected chi connectivity index (χ1v) is 6.32. The Morgan fingerprint density at radius 3 is 3.06 bits per heavy atom. The van der Waals surface area contributed by atoms with Crippen LogP contribution in [0.1, 0.15) is 12.8 Å². The van der Waals surface area contributed by atoms with Crippen molar-refractivity contribution in [3.63, 3.8) is 0 Å². The van der Waals surface area contributed by atoms with Crippen LogP contribution < -0.4 is 4.74 Å². The molecule has 0 radical (unpaired) electrons. The number of aromatic nitrogens is 2. The molecule has 0 N–H and O–H groups in total. The van der Waals surface area contributed by atoms with E-state index in [1.54, 1.807) is 6.33 Å². The van der Waals surface area contributed by atoms with Crippen molar-refractivity contribution in [3.05, 3.63) is 30.7 Å². The summed E-state index contributed by atoms with van der Waals surface area (Å²) in [6.45, 7) is 2.48. The van der Waals surface area contributed by atoms with Gasteiger partial charge in [0.05, 0.1) is 12.1 Å². The Bertz CT molecular complexity index is 524. The average molecular weight is 244 g/mol. The van der Waals surface area contributed by atoms with E-state index in [4.69, 9.17) is 9.47 Å². The topological polar surface area (TPSA) is 44.2 Å². The maximum absolute atomic E-state index is 5.84. The molecule has 1 aromatic carbocycles. The Balaban J connectivity index is 1.66. The molecule has 1 aromatic heterocycles. The Morgan fingerprint density at radius 2 is 2.17 bits per heavy atom. The smallest absolute Gasteiger partial charge is 0.121 e. The zero-order chi connectivity index (χ0) is 12.2. The molecule has 0 unspecified atom stereocenters. The molecular weight excluding hydrogens is 228 g/mol. The van der Waals surface area contributed by atoms with E-state index in [1.807, 2.05) is 24.4 Å². The summed E-state index contributed by atoms with van der Waals surface area (Å²) >= 11 is 0. The number of hydrogen-bond acceptors (Lipinski definition) is 4. The number of nitrogens with zero attached hydrogens (tertiary/aromatic N) is 2. The highest BCUT2D eigenvalue weighted by Gasteiger charge is 2.14. The van der Waals surface area contributed by atoms with E-state index in [9.17, 15) is 0 Å². The van der Waals surface area contributed by atoms with Crippen LogP contribution in [0.15, 0.2) is 30.7 Å². The lowest BCUT2D eigenvalue weighted by molar-refractivity contribution is 0.0498. The van der Waals surface area contributed by atoms with Gasteiger partial charge in [0, 0.05) is 30.9 Å². The standard InChI is InChI=1S/C14H16N2O2/c1-2-13(7-14-12(1)8-15-10-16-14)18-9-11-3-5-17-6-4-11/h1-2,7-8,10-11H,3-6,9H2. The molecular formula is C14H16N2O2. The quantitative estimate of drug-likeness (QED) is 0.831. The first-order valence-electron chi connectivity index (χ1n) is 6.32. The van der Waals surface area contributed by atoms with Crippen LogP contribution in [-0.4, -0.2) is 29.8 Å². The van der Waals surface area contributed by atoms with Crippen molar-refractivity contribution in [2.75, 3.05) is 19.8 Å². The van der Waals surface area contributed by atoms with Crippen molar-refractivity contribution in [2.45, 2.75) is 12.8 Å². The summed E-state index contributed by atoms with van der Waals surface area (Å²) in [4.78, 5) is 8.22. The van der Waals surface area contributed by atoms with Crippen molar-refractivity contribution in [3.8, 4) is 5.75 Å². The highest BCUT2D eigenvalue weighted by Crippen LogP contribution is 2.21. The van der Waals surface area contributed by atoms with Gasteiger partial charge < -0.3 is 9.47 Å². The third-order valence-corrected chi connectivity index (χ3v) is 3.31. The van der Waals surface area contributed by atoms with Crippen LogP contribution in [0.4, 0.5) is 0 Å². The Kier molecular flexibility index (Phi) is 3.37. The van der Waals surface area contributed by atoms with Gasteiger partial charge in [0.2, 0.25) is 0 Å². The molecule has 4 nitrogen and oxygen atoms in total. The largest absolute Gasteiger partial charge is 0.493 e. The molecule has 94 valence electrons. The maximum Gasteiger partial charge on any atom is 0.121 e. The average Bonchev–Trinajstić information content (AvgIpc) is 2.46. The minimum Gasteiger partial charge on any atom is -0.493 e. The molecule has 18 heavy (non-hydrogen) atoms. The molecule has 0 saturated carbocycles. The van der Waals surface area contributed by atoms with Crippen LogP contribution in [0.25, 0.3) is 10.9 Å². The lowest BCUT2D eigenvalue weighted by Crippen LogP contribution is -2.21. The lowest BCUT2D eigenvalue weighted by atomic mass is 10.0. The van der Waals surface area contributed by atoms with Gasteiger partial charge in [-0.3, -0.25) is 0 Å². The van der Waals surface area contributed by atoms with Crippen molar-refractivity contribution in [2.24, 2.45) is 5.92 Å². The van der Waals surface area contributed by atoms with Crippen molar-refractivity contribution < 1.29 is 9.47 Å². The molecule has 2 aromatic rings. The molecule has 0 amide bonds. The molecule has 0 atom stereocenters. The van der Waals surface area contributed by atoms with E-state index < -0.39 is 0 Å². The summed E-state index contributed by atoms with van der Waals surface area (Å²) in [6, 6.07) is 5.94. The summed E-state index contributed by atoms with van der Waals surface area (Å²) < 4.78 is 11.2. The van der Waals surface area contributed by atoms with E-state index in [-0.39, 0.29) is 0 Å². The number of benzene rings is 1. The third kappa shape index (κ3) is 2.59. The summed E-state index contributed by atoms with van der Waals surface area (Å²) in [7, 11) is 0. The van der Waals surface area contributed by atoms with Crippen molar-refractivity contribution in [1.29, 1.82) is 0 Å². The van der Waals surface area contributed by atoms with Gasteiger partial charge in [-0.05, 0) is 30.9 Å². The molecule has 1 aliphatic rings. The van der Waals surface area contributed by atoms with Gasteiger partial charge in [0.25, 0.3) is 0 Å². The SMILES string of the molecule is c1ncc2ccc(OCC3CCOCC3)cc2n1. The van der Waals surface area contributed by atoms with Crippen LogP contribution in [0.3, 0.4) is 0 Å². The lowest BCUT2D eigenvalue weighted by Gasteiger charge is -2.22. The van der Waals surface area contributed by atoms with Gasteiger partial charge in [-0.2, -0.15) is 0 Å². The van der Waals surface area contributed by atoms with Crippen LogP contribution in [0.5, 0.6) is 5.75 Å². The van der Waals surface area contributed by atoms with Gasteiger partial charge in [-0.15, -0.1) is 0 Å². The Labute approximate surface area is 106 Å². The fraction of sp³-hybridized carbons (Fsp3) is 0.429. The van der Waals surface area contributed by atoms with Gasteiger partial charge in [0.1, 0.15) is 12.1 Å². The third-order valence-electron chi connectivity index (χ3n) is 3.31. The van der Waals surface area contributed by atoms with Crippen LogP contribution >= 0.6 is 0 Å². The molecule has 0 bridgehead atoms. The van der Waals surface area contributed by atoms with Crippen LogP contribution in [0.2, 0.25) is 0 Å². The highest BCUT2D eigenvalue weighted by atomic mass is 16.5. The zero-order valence-corrected chi connectivity index (χ0v) is 10.2. The maximum atomic E-state index is 5.84. The number of ether oxygens (including phenoxy) is 2. The van der Waals surface area contributed by atoms with Crippen LogP contribution in [0, 0.1) is 5.92 Å². The van der Waals surface area contributed by atoms with E-state index in [2.05, 4.69) is 9.97 Å². The molecule has 2 heterocycles. The van der Waals surface area contributed by atoms with E-state index in [0.717, 1.165) is 49.3 Å². The highest BCUT2D eigenvalue weighted by molar-refractivity contribution is 5.78. The van der Waals surface area contributed by atoms with Gasteiger partial charge in [0.15, 0.2) is 0 Å². The normalized spacial score (nSPS) is 16.9. The summed E-state index contributed by atoms with van der Waals surface area (Å²) in [5.74, 6) is 1.49. The minimum atomic E-state index is 0.611. The van der Waals surface area contributed by atoms with Gasteiger partial charge >= 0.3 is 0 Å². The predicted molar refractivity (Wildman–Crippen MR) is 68.6 cm³/mol. The molecule has 1 aliphatic heterocycles. The van der Waals surface area contributed by atoms with Crippen molar-refractivity contribution >= 4 is 10.9 Å². The number of rotatable bonds is 3. The molecule has 1 fully saturated rings. The van der Waals surface area contributed by atoms with E-state index in [1.165, 1.54) is 0 Å². The van der Waals surface area contributed by atoms with Crippen LogP contribution in [-0.2, 0) is 4.74 Å². The van der Waals surface area contributed by atoms with E-state index >= 15 is 0 Å². The Hall–Kier alpha value is -1.68. The molecule has 3 rings (SSSR count). The second kappa shape index (κ2) is 5.31. The van der Waals surface area contributed by atoms with Gasteiger partial charge in [-0.25, -0.2) is 9.97 Å². The second-order valence-corrected chi connectivity index (χ2v) is 4.61. The number of fused-ring (bicyclic) bond motifs is 1. The van der Waals surface area contributed by atoms with Gasteiger partial charge in [-0.1, -0.05) is 0 Å². The number of hydrogen-bond donors (Lipinski definition) is 0.